The average molecular weight is 345 g/mol. The van der Waals surface area contributed by atoms with E-state index in [1.165, 1.54) is 16.7 Å². The van der Waals surface area contributed by atoms with Gasteiger partial charge in [-0.3, -0.25) is 0 Å². The van der Waals surface area contributed by atoms with Gasteiger partial charge in [-0.15, -0.1) is 0 Å². The summed E-state index contributed by atoms with van der Waals surface area (Å²) < 4.78 is 5.93. The third-order valence-electron chi connectivity index (χ3n) is 5.68. The van der Waals surface area contributed by atoms with Crippen LogP contribution >= 0.6 is 0 Å². The van der Waals surface area contributed by atoms with Crippen LogP contribution in [-0.2, 0) is 0 Å². The number of benzene rings is 2. The molecule has 0 spiro atoms. The minimum absolute atomic E-state index is 0.303. The molecule has 0 fully saturated rings. The number of fused-ring (bicyclic) bond motifs is 3. The number of ether oxygens (including phenoxy) is 1. The molecule has 3 atom stereocenters. The highest BCUT2D eigenvalue weighted by Crippen LogP contribution is 2.52. The Hall–Kier alpha value is -2.48. The van der Waals surface area contributed by atoms with Crippen LogP contribution < -0.4 is 10.1 Å². The van der Waals surface area contributed by atoms with Crippen LogP contribution in [-0.4, -0.2) is 6.61 Å². The maximum absolute atomic E-state index is 5.93. The molecule has 0 aromatic heterocycles. The fourth-order valence-corrected chi connectivity index (χ4v) is 4.28. The SMILES string of the molecule is C=CCOc1cccc2c1NC(c1ccc(C(C)C)cc1)C1CC=CC21. The summed E-state index contributed by atoms with van der Waals surface area (Å²) in [5, 5.41) is 3.81. The Morgan fingerprint density at radius 3 is 2.73 bits per heavy atom. The van der Waals surface area contributed by atoms with Gasteiger partial charge in [0.1, 0.15) is 12.4 Å². The average Bonchev–Trinajstić information content (AvgIpc) is 3.16. The molecule has 2 aromatic carbocycles. The number of rotatable bonds is 5. The molecule has 4 rings (SSSR count). The van der Waals surface area contributed by atoms with E-state index < -0.39 is 0 Å². The molecule has 0 bridgehead atoms. The lowest BCUT2D eigenvalue weighted by Crippen LogP contribution is -2.29. The molecule has 134 valence electrons. The van der Waals surface area contributed by atoms with Crippen molar-refractivity contribution in [3.05, 3.63) is 84.0 Å². The summed E-state index contributed by atoms with van der Waals surface area (Å²) >= 11 is 0. The fraction of sp³-hybridized carbons (Fsp3) is 0.333. The Labute approximate surface area is 156 Å². The van der Waals surface area contributed by atoms with Gasteiger partial charge in [0.05, 0.1) is 11.7 Å². The van der Waals surface area contributed by atoms with Gasteiger partial charge < -0.3 is 10.1 Å². The lowest BCUT2D eigenvalue weighted by molar-refractivity contribution is 0.358. The highest BCUT2D eigenvalue weighted by Gasteiger charge is 2.38. The van der Waals surface area contributed by atoms with Gasteiger partial charge in [0.15, 0.2) is 0 Å². The standard InChI is InChI=1S/C24H27NO/c1-4-15-26-22-10-6-9-21-19-7-5-8-20(19)23(25-24(21)22)18-13-11-17(12-14-18)16(2)3/h4-7,9-14,16,19-20,23,25H,1,8,15H2,2-3H3. The van der Waals surface area contributed by atoms with E-state index in [0.717, 1.165) is 17.9 Å². The van der Waals surface area contributed by atoms with Crippen LogP contribution in [0.25, 0.3) is 0 Å². The van der Waals surface area contributed by atoms with Crippen LogP contribution in [0.15, 0.2) is 67.3 Å². The summed E-state index contributed by atoms with van der Waals surface area (Å²) in [5.41, 5.74) is 5.23. The van der Waals surface area contributed by atoms with Gasteiger partial charge in [-0.25, -0.2) is 0 Å². The van der Waals surface area contributed by atoms with Gasteiger partial charge in [0.25, 0.3) is 0 Å². The predicted octanol–water partition coefficient (Wildman–Crippen LogP) is 6.20. The maximum Gasteiger partial charge on any atom is 0.143 e. The monoisotopic (exact) mass is 345 g/mol. The van der Waals surface area contributed by atoms with Gasteiger partial charge in [-0.2, -0.15) is 0 Å². The van der Waals surface area contributed by atoms with Crippen molar-refractivity contribution in [2.45, 2.75) is 38.1 Å². The van der Waals surface area contributed by atoms with Crippen molar-refractivity contribution in [1.29, 1.82) is 0 Å². The molecule has 0 amide bonds. The third-order valence-corrected chi connectivity index (χ3v) is 5.68. The van der Waals surface area contributed by atoms with E-state index in [1.807, 2.05) is 6.07 Å². The van der Waals surface area contributed by atoms with E-state index in [-0.39, 0.29) is 0 Å². The number of para-hydroxylation sites is 1. The summed E-state index contributed by atoms with van der Waals surface area (Å²) in [7, 11) is 0. The highest BCUT2D eigenvalue weighted by molar-refractivity contribution is 5.67. The zero-order valence-corrected chi connectivity index (χ0v) is 15.6. The summed E-state index contributed by atoms with van der Waals surface area (Å²) in [5.74, 6) is 2.49. The van der Waals surface area contributed by atoms with Crippen molar-refractivity contribution >= 4 is 5.69 Å². The lowest BCUT2D eigenvalue weighted by atomic mass is 9.76. The van der Waals surface area contributed by atoms with E-state index in [2.05, 4.69) is 74.3 Å². The van der Waals surface area contributed by atoms with Gasteiger partial charge in [-0.05, 0) is 41.0 Å². The minimum atomic E-state index is 0.303. The molecule has 2 aliphatic rings. The number of anilines is 1. The van der Waals surface area contributed by atoms with Gasteiger partial charge in [0.2, 0.25) is 0 Å². The van der Waals surface area contributed by atoms with Gasteiger partial charge in [-0.1, -0.05) is 75.1 Å². The molecule has 2 heteroatoms. The second kappa shape index (κ2) is 7.03. The first kappa shape index (κ1) is 17.0. The van der Waals surface area contributed by atoms with Crippen molar-refractivity contribution in [2.24, 2.45) is 5.92 Å². The number of allylic oxidation sites excluding steroid dienone is 2. The molecule has 3 unspecified atom stereocenters. The molecular formula is C24H27NO. The summed E-state index contributed by atoms with van der Waals surface area (Å²) in [6, 6.07) is 15.8. The molecule has 1 heterocycles. The fourth-order valence-electron chi connectivity index (χ4n) is 4.28. The first-order valence-electron chi connectivity index (χ1n) is 9.58. The second-order valence-electron chi connectivity index (χ2n) is 7.62. The first-order valence-corrected chi connectivity index (χ1v) is 9.58. The third kappa shape index (κ3) is 2.94. The number of hydrogen-bond donors (Lipinski definition) is 1. The molecule has 0 saturated carbocycles. The summed E-state index contributed by atoms with van der Waals surface area (Å²) in [6.45, 7) is 8.77. The maximum atomic E-state index is 5.93. The predicted molar refractivity (Wildman–Crippen MR) is 109 cm³/mol. The Morgan fingerprint density at radius 2 is 2.00 bits per heavy atom. The van der Waals surface area contributed by atoms with Crippen molar-refractivity contribution in [2.75, 3.05) is 11.9 Å². The van der Waals surface area contributed by atoms with E-state index in [0.29, 0.717) is 30.4 Å². The van der Waals surface area contributed by atoms with Crippen LogP contribution in [0.4, 0.5) is 5.69 Å². The molecule has 1 aliphatic carbocycles. The smallest absolute Gasteiger partial charge is 0.143 e. The molecule has 2 aromatic rings. The summed E-state index contributed by atoms with van der Waals surface area (Å²) in [4.78, 5) is 0. The van der Waals surface area contributed by atoms with Gasteiger partial charge >= 0.3 is 0 Å². The zero-order valence-electron chi connectivity index (χ0n) is 15.6. The van der Waals surface area contributed by atoms with Crippen LogP contribution in [0, 0.1) is 5.92 Å². The molecule has 1 N–H and O–H groups in total. The number of hydrogen-bond acceptors (Lipinski definition) is 2. The molecular weight excluding hydrogens is 318 g/mol. The molecule has 2 nitrogen and oxygen atoms in total. The Balaban J connectivity index is 1.71. The minimum Gasteiger partial charge on any atom is -0.487 e. The molecule has 26 heavy (non-hydrogen) atoms. The van der Waals surface area contributed by atoms with Crippen molar-refractivity contribution in [1.82, 2.24) is 0 Å². The number of nitrogens with one attached hydrogen (secondary N) is 1. The first-order chi connectivity index (χ1) is 12.7. The van der Waals surface area contributed by atoms with Crippen LogP contribution in [0.1, 0.15) is 54.8 Å². The molecule has 1 aliphatic heterocycles. The quantitative estimate of drug-likeness (QED) is 0.651. The topological polar surface area (TPSA) is 21.3 Å². The van der Waals surface area contributed by atoms with E-state index in [1.54, 1.807) is 6.08 Å². The largest absolute Gasteiger partial charge is 0.487 e. The Morgan fingerprint density at radius 1 is 1.19 bits per heavy atom. The van der Waals surface area contributed by atoms with Gasteiger partial charge in [0, 0.05) is 5.92 Å². The van der Waals surface area contributed by atoms with Crippen molar-refractivity contribution in [3.63, 3.8) is 0 Å². The Bertz CT molecular complexity index is 819. The normalized spacial score (nSPS) is 23.3. The zero-order chi connectivity index (χ0) is 18.1. The lowest BCUT2D eigenvalue weighted by Gasteiger charge is -2.38. The van der Waals surface area contributed by atoms with E-state index >= 15 is 0 Å². The van der Waals surface area contributed by atoms with E-state index in [4.69, 9.17) is 4.74 Å². The van der Waals surface area contributed by atoms with Crippen LogP contribution in [0.5, 0.6) is 5.75 Å². The van der Waals surface area contributed by atoms with Crippen LogP contribution in [0.2, 0.25) is 0 Å². The molecule has 0 saturated heterocycles. The van der Waals surface area contributed by atoms with Crippen LogP contribution in [0.3, 0.4) is 0 Å². The van der Waals surface area contributed by atoms with Crippen molar-refractivity contribution in [3.8, 4) is 5.75 Å². The van der Waals surface area contributed by atoms with Crippen molar-refractivity contribution < 1.29 is 4.74 Å². The van der Waals surface area contributed by atoms with E-state index in [9.17, 15) is 0 Å². The second-order valence-corrected chi connectivity index (χ2v) is 7.62. The summed E-state index contributed by atoms with van der Waals surface area (Å²) in [6.07, 6.45) is 7.62. The Kier molecular flexibility index (Phi) is 4.58. The highest BCUT2D eigenvalue weighted by atomic mass is 16.5. The molecule has 0 radical (unpaired) electrons.